The van der Waals surface area contributed by atoms with Crippen LogP contribution in [0.5, 0.6) is 6.01 Å². The van der Waals surface area contributed by atoms with E-state index in [1.165, 1.54) is 5.56 Å². The van der Waals surface area contributed by atoms with E-state index in [1.54, 1.807) is 6.92 Å². The van der Waals surface area contributed by atoms with Gasteiger partial charge in [-0.15, -0.1) is 0 Å². The minimum Gasteiger partial charge on any atom is -0.464 e. The predicted molar refractivity (Wildman–Crippen MR) is 106 cm³/mol. The molecule has 1 saturated heterocycles. The standard InChI is InChI=1S/C21H28N4O2/c1-4-27-21-22-13-20(14-23-21)25-11-9-19(10-12-25)18-7-5-17(6-8-18)15(2)24-16(3)26/h5-8,13-15,19H,4,9-12H2,1-3H3,(H,24,26). The Kier molecular flexibility index (Phi) is 6.27. The number of benzene rings is 1. The second-order valence-corrected chi connectivity index (χ2v) is 7.01. The highest BCUT2D eigenvalue weighted by Crippen LogP contribution is 2.31. The molecule has 1 amide bonds. The largest absolute Gasteiger partial charge is 0.464 e. The number of piperidine rings is 1. The molecule has 1 aliphatic heterocycles. The molecule has 0 spiro atoms. The molecule has 144 valence electrons. The van der Waals surface area contributed by atoms with Crippen molar-refractivity contribution in [2.75, 3.05) is 24.6 Å². The van der Waals surface area contributed by atoms with Gasteiger partial charge in [-0.1, -0.05) is 24.3 Å². The maximum Gasteiger partial charge on any atom is 0.316 e. The Morgan fingerprint density at radius 3 is 2.41 bits per heavy atom. The molecule has 0 bridgehead atoms. The lowest BCUT2D eigenvalue weighted by molar-refractivity contribution is -0.119. The van der Waals surface area contributed by atoms with Gasteiger partial charge >= 0.3 is 6.01 Å². The highest BCUT2D eigenvalue weighted by Gasteiger charge is 2.21. The van der Waals surface area contributed by atoms with Crippen molar-refractivity contribution in [2.45, 2.75) is 45.6 Å². The smallest absolute Gasteiger partial charge is 0.316 e. The third-order valence-corrected chi connectivity index (χ3v) is 5.08. The Labute approximate surface area is 161 Å². The van der Waals surface area contributed by atoms with Crippen LogP contribution in [0.4, 0.5) is 5.69 Å². The topological polar surface area (TPSA) is 67.3 Å². The molecule has 1 aliphatic rings. The summed E-state index contributed by atoms with van der Waals surface area (Å²) in [7, 11) is 0. The molecular weight excluding hydrogens is 340 g/mol. The number of ether oxygens (including phenoxy) is 1. The number of amides is 1. The van der Waals surface area contributed by atoms with Crippen molar-refractivity contribution >= 4 is 11.6 Å². The van der Waals surface area contributed by atoms with Gasteiger partial charge in [0.1, 0.15) is 0 Å². The molecule has 1 unspecified atom stereocenters. The van der Waals surface area contributed by atoms with Crippen LogP contribution in [0, 0.1) is 0 Å². The third kappa shape index (κ3) is 4.96. The summed E-state index contributed by atoms with van der Waals surface area (Å²) in [4.78, 5) is 22.1. The molecule has 0 saturated carbocycles. The fraction of sp³-hybridized carbons (Fsp3) is 0.476. The van der Waals surface area contributed by atoms with Crippen molar-refractivity contribution in [1.82, 2.24) is 15.3 Å². The molecule has 1 aromatic heterocycles. The number of rotatable bonds is 6. The molecule has 6 nitrogen and oxygen atoms in total. The van der Waals surface area contributed by atoms with Crippen LogP contribution in [0.3, 0.4) is 0 Å². The Balaban J connectivity index is 1.56. The number of hydrogen-bond acceptors (Lipinski definition) is 5. The molecule has 6 heteroatoms. The molecule has 0 radical (unpaired) electrons. The Morgan fingerprint density at radius 2 is 1.85 bits per heavy atom. The zero-order valence-corrected chi connectivity index (χ0v) is 16.3. The van der Waals surface area contributed by atoms with Crippen LogP contribution in [-0.2, 0) is 4.79 Å². The molecule has 2 heterocycles. The van der Waals surface area contributed by atoms with Gasteiger partial charge in [-0.05, 0) is 43.7 Å². The number of carbonyl (C=O) groups excluding carboxylic acids is 1. The minimum absolute atomic E-state index is 0.00258. The lowest BCUT2D eigenvalue weighted by Crippen LogP contribution is -2.33. The Morgan fingerprint density at radius 1 is 1.22 bits per heavy atom. The monoisotopic (exact) mass is 368 g/mol. The Hall–Kier alpha value is -2.63. The van der Waals surface area contributed by atoms with E-state index in [9.17, 15) is 4.79 Å². The van der Waals surface area contributed by atoms with E-state index >= 15 is 0 Å². The van der Waals surface area contributed by atoms with E-state index in [1.807, 2.05) is 26.2 Å². The van der Waals surface area contributed by atoms with E-state index in [0.29, 0.717) is 18.5 Å². The number of aromatic nitrogens is 2. The number of nitrogens with one attached hydrogen (secondary N) is 1. The Bertz CT molecular complexity index is 738. The van der Waals surface area contributed by atoms with Gasteiger partial charge in [0.2, 0.25) is 5.91 Å². The summed E-state index contributed by atoms with van der Waals surface area (Å²) in [5.41, 5.74) is 3.56. The van der Waals surface area contributed by atoms with Crippen molar-refractivity contribution in [1.29, 1.82) is 0 Å². The molecular formula is C21H28N4O2. The van der Waals surface area contributed by atoms with Crippen molar-refractivity contribution in [3.05, 3.63) is 47.8 Å². The maximum atomic E-state index is 11.2. The first-order valence-electron chi connectivity index (χ1n) is 9.63. The quantitative estimate of drug-likeness (QED) is 0.846. The van der Waals surface area contributed by atoms with E-state index < -0.39 is 0 Å². The lowest BCUT2D eigenvalue weighted by Gasteiger charge is -2.33. The van der Waals surface area contributed by atoms with E-state index in [-0.39, 0.29) is 11.9 Å². The maximum absolute atomic E-state index is 11.2. The van der Waals surface area contributed by atoms with Gasteiger partial charge in [-0.3, -0.25) is 4.79 Å². The van der Waals surface area contributed by atoms with Crippen LogP contribution < -0.4 is 15.0 Å². The normalized spacial score (nSPS) is 16.0. The number of hydrogen-bond donors (Lipinski definition) is 1. The predicted octanol–water partition coefficient (Wildman–Crippen LogP) is 3.46. The number of carbonyl (C=O) groups is 1. The average Bonchev–Trinajstić information content (AvgIpc) is 2.69. The highest BCUT2D eigenvalue weighted by molar-refractivity contribution is 5.73. The van der Waals surface area contributed by atoms with Crippen molar-refractivity contribution < 1.29 is 9.53 Å². The molecule has 3 rings (SSSR count). The van der Waals surface area contributed by atoms with Gasteiger partial charge in [0.05, 0.1) is 30.7 Å². The summed E-state index contributed by atoms with van der Waals surface area (Å²) in [6.07, 6.45) is 5.90. The van der Waals surface area contributed by atoms with E-state index in [2.05, 4.69) is 44.5 Å². The van der Waals surface area contributed by atoms with Crippen LogP contribution in [0.1, 0.15) is 56.7 Å². The summed E-state index contributed by atoms with van der Waals surface area (Å²) in [5.74, 6) is 0.562. The van der Waals surface area contributed by atoms with E-state index in [0.717, 1.165) is 37.2 Å². The van der Waals surface area contributed by atoms with Crippen molar-refractivity contribution in [3.63, 3.8) is 0 Å². The van der Waals surface area contributed by atoms with Gasteiger partial charge in [0.25, 0.3) is 0 Å². The zero-order chi connectivity index (χ0) is 19.2. The molecule has 1 aromatic carbocycles. The van der Waals surface area contributed by atoms with Crippen LogP contribution in [0.15, 0.2) is 36.7 Å². The fourth-order valence-electron chi connectivity index (χ4n) is 3.59. The molecule has 27 heavy (non-hydrogen) atoms. The van der Waals surface area contributed by atoms with Gasteiger partial charge in [0, 0.05) is 20.0 Å². The second kappa shape index (κ2) is 8.84. The summed E-state index contributed by atoms with van der Waals surface area (Å²) < 4.78 is 5.31. The van der Waals surface area contributed by atoms with Crippen LogP contribution in [-0.4, -0.2) is 35.6 Å². The first-order valence-corrected chi connectivity index (χ1v) is 9.63. The average molecular weight is 368 g/mol. The van der Waals surface area contributed by atoms with Gasteiger partial charge in [-0.25, -0.2) is 9.97 Å². The molecule has 0 aliphatic carbocycles. The number of nitrogens with zero attached hydrogens (tertiary/aromatic N) is 3. The van der Waals surface area contributed by atoms with Gasteiger partial charge in [0.15, 0.2) is 0 Å². The fourth-order valence-corrected chi connectivity index (χ4v) is 3.59. The molecule has 1 N–H and O–H groups in total. The lowest BCUT2D eigenvalue weighted by atomic mass is 9.88. The van der Waals surface area contributed by atoms with Crippen LogP contribution >= 0.6 is 0 Å². The highest BCUT2D eigenvalue weighted by atomic mass is 16.5. The van der Waals surface area contributed by atoms with Gasteiger partial charge in [-0.2, -0.15) is 0 Å². The number of anilines is 1. The van der Waals surface area contributed by atoms with Crippen LogP contribution in [0.2, 0.25) is 0 Å². The zero-order valence-electron chi connectivity index (χ0n) is 16.3. The SMILES string of the molecule is CCOc1ncc(N2CCC(c3ccc(C(C)NC(C)=O)cc3)CC2)cn1. The summed E-state index contributed by atoms with van der Waals surface area (Å²) >= 11 is 0. The van der Waals surface area contributed by atoms with Crippen molar-refractivity contribution in [3.8, 4) is 6.01 Å². The molecule has 1 fully saturated rings. The van der Waals surface area contributed by atoms with E-state index in [4.69, 9.17) is 4.74 Å². The molecule has 1 atom stereocenters. The van der Waals surface area contributed by atoms with Crippen LogP contribution in [0.25, 0.3) is 0 Å². The second-order valence-electron chi connectivity index (χ2n) is 7.01. The first-order chi connectivity index (χ1) is 13.1. The summed E-state index contributed by atoms with van der Waals surface area (Å²) in [6, 6.07) is 9.13. The third-order valence-electron chi connectivity index (χ3n) is 5.08. The molecule has 2 aromatic rings. The minimum atomic E-state index is -0.00258. The summed E-state index contributed by atoms with van der Waals surface area (Å²) in [6.45, 7) is 8.04. The van der Waals surface area contributed by atoms with Gasteiger partial charge < -0.3 is 15.0 Å². The van der Waals surface area contributed by atoms with Crippen molar-refractivity contribution in [2.24, 2.45) is 0 Å². The first kappa shape index (κ1) is 19.1. The summed E-state index contributed by atoms with van der Waals surface area (Å²) in [5, 5.41) is 2.93.